The van der Waals surface area contributed by atoms with Gasteiger partial charge in [-0.15, -0.1) is 0 Å². The number of anilines is 4. The number of rotatable bonds is 13. The Hall–Kier alpha value is -6.22. The summed E-state index contributed by atoms with van der Waals surface area (Å²) in [6, 6.07) is 15.2. The number of ketones is 1. The summed E-state index contributed by atoms with van der Waals surface area (Å²) in [5, 5.41) is 27.4. The van der Waals surface area contributed by atoms with Crippen molar-refractivity contribution in [2.24, 2.45) is 0 Å². The zero-order valence-electron chi connectivity index (χ0n) is 35.1. The van der Waals surface area contributed by atoms with Crippen LogP contribution in [0, 0.1) is 17.5 Å². The van der Waals surface area contributed by atoms with Gasteiger partial charge in [0.1, 0.15) is 23.5 Å². The maximum atomic E-state index is 15.6. The average molecular weight is 904 g/mol. The van der Waals surface area contributed by atoms with Gasteiger partial charge in [0.05, 0.1) is 35.0 Å². The van der Waals surface area contributed by atoms with Crippen LogP contribution in [0.2, 0.25) is 0 Å². The highest BCUT2D eigenvalue weighted by molar-refractivity contribution is 7.90. The number of halogens is 3. The summed E-state index contributed by atoms with van der Waals surface area (Å²) in [6.45, 7) is 4.06. The van der Waals surface area contributed by atoms with Crippen molar-refractivity contribution < 1.29 is 46.2 Å². The fourth-order valence-electron chi connectivity index (χ4n) is 8.39. The summed E-state index contributed by atoms with van der Waals surface area (Å²) in [5.74, 6) is -4.45. The number of β-amino-alcohol motifs (C(OH)–C–C–N with tert-alkyl or cyclic N) is 1. The molecule has 2 amide bonds. The van der Waals surface area contributed by atoms with Crippen LogP contribution in [0.1, 0.15) is 48.5 Å². The lowest BCUT2D eigenvalue weighted by Crippen LogP contribution is -2.51. The minimum absolute atomic E-state index is 0.0571. The summed E-state index contributed by atoms with van der Waals surface area (Å²) in [5.41, 5.74) is 0.449. The number of aliphatic hydroxyl groups excluding tert-OH is 1. The number of pyridine rings is 1. The van der Waals surface area contributed by atoms with E-state index in [4.69, 9.17) is 0 Å². The number of aliphatic hydroxyl groups is 2. The molecule has 3 aliphatic heterocycles. The van der Waals surface area contributed by atoms with Gasteiger partial charge in [-0.25, -0.2) is 18.2 Å². The van der Waals surface area contributed by atoms with E-state index < -0.39 is 62.6 Å². The molecule has 5 heterocycles. The van der Waals surface area contributed by atoms with Gasteiger partial charge in [0.25, 0.3) is 0 Å². The van der Waals surface area contributed by atoms with Gasteiger partial charge in [0.15, 0.2) is 5.82 Å². The zero-order valence-corrected chi connectivity index (χ0v) is 35.9. The Labute approximate surface area is 367 Å². The number of piperazine rings is 1. The second-order valence-electron chi connectivity index (χ2n) is 16.4. The molecule has 0 saturated carbocycles. The van der Waals surface area contributed by atoms with Gasteiger partial charge in [-0.05, 0) is 66.9 Å². The van der Waals surface area contributed by atoms with Crippen molar-refractivity contribution >= 4 is 61.6 Å². The molecule has 3 aromatic carbocycles. The number of fused-ring (bicyclic) bond motifs is 1. The van der Waals surface area contributed by atoms with Crippen molar-refractivity contribution in [2.75, 3.05) is 72.7 Å². The van der Waals surface area contributed by atoms with E-state index in [0.29, 0.717) is 67.1 Å². The van der Waals surface area contributed by atoms with E-state index in [1.807, 2.05) is 24.3 Å². The number of carbonyl (C=O) groups excluding carboxylic acids is 3. The van der Waals surface area contributed by atoms with Gasteiger partial charge in [-0.3, -0.25) is 19.1 Å². The minimum atomic E-state index is -4.16. The summed E-state index contributed by atoms with van der Waals surface area (Å²) < 4.78 is 74.1. The van der Waals surface area contributed by atoms with Crippen LogP contribution in [0.3, 0.4) is 0 Å². The highest BCUT2D eigenvalue weighted by Crippen LogP contribution is 2.34. The smallest absolute Gasteiger partial charge is 0.301 e. The molecule has 3 fully saturated rings. The highest BCUT2D eigenvalue weighted by Gasteiger charge is 2.40. The van der Waals surface area contributed by atoms with Crippen LogP contribution in [-0.4, -0.2) is 126 Å². The first-order valence-corrected chi connectivity index (χ1v) is 22.3. The molecule has 3 saturated heterocycles. The van der Waals surface area contributed by atoms with E-state index in [9.17, 15) is 33.0 Å². The predicted octanol–water partition coefficient (Wildman–Crippen LogP) is 4.18. The third-order valence-electron chi connectivity index (χ3n) is 12.2. The summed E-state index contributed by atoms with van der Waals surface area (Å²) in [4.78, 5) is 51.5. The lowest BCUT2D eigenvalue weighted by atomic mass is 9.98. The molecule has 8 rings (SSSR count). The summed E-state index contributed by atoms with van der Waals surface area (Å²) in [7, 11) is -2.87. The largest absolute Gasteiger partial charge is 0.387 e. The first kappa shape index (κ1) is 44.4. The van der Waals surface area contributed by atoms with Crippen LogP contribution in [-0.2, 0) is 19.8 Å². The molecule has 0 bridgehead atoms. The van der Waals surface area contributed by atoms with E-state index in [0.717, 1.165) is 27.7 Å². The third-order valence-corrected chi connectivity index (χ3v) is 13.8. The molecule has 3 aliphatic rings. The molecular formula is C44H48F3N9O7S. The number of aromatic nitrogens is 2. The van der Waals surface area contributed by atoms with Crippen LogP contribution < -0.4 is 25.2 Å². The quantitative estimate of drug-likeness (QED) is 0.0926. The van der Waals surface area contributed by atoms with E-state index >= 15 is 13.2 Å². The molecule has 2 aromatic heterocycles. The fraction of sp³-hybridized carbons (Fsp3) is 0.364. The average Bonchev–Trinajstić information content (AvgIpc) is 3.88. The fourth-order valence-corrected chi connectivity index (χ4v) is 9.32. The van der Waals surface area contributed by atoms with Crippen molar-refractivity contribution in [1.29, 1.82) is 0 Å². The molecule has 338 valence electrons. The lowest BCUT2D eigenvalue weighted by Gasteiger charge is -2.37. The second kappa shape index (κ2) is 17.7. The standard InChI is InChI=1S/C44H48F3N9O7S/c1-3-53(2)64(62,63)52-34-10-9-32(45)39(40(34)47)41(59)31-24-49-42-30(31)20-27(23-48-42)26-4-7-29(8-5-26)54-16-18-55(19-17-54)38(58)22-44(61)14-15-56(25-44)36-12-6-28(21-33(36)46)50-35-11-13-37(57)51-43(35)60/h4-10,12,20-21,23-24,35,43,50,52,60-61H,3,11,13-19,22,25H2,1-2H3,(H,48,49)(H,51,57)/t35-,43?,44?/m0/s1. The van der Waals surface area contributed by atoms with Crippen LogP contribution in [0.5, 0.6) is 0 Å². The van der Waals surface area contributed by atoms with E-state index in [2.05, 4.69) is 30.2 Å². The van der Waals surface area contributed by atoms with Crippen LogP contribution >= 0.6 is 0 Å². The summed E-state index contributed by atoms with van der Waals surface area (Å²) in [6.07, 6.45) is 2.65. The van der Waals surface area contributed by atoms with Gasteiger partial charge in [0, 0.05) is 99.6 Å². The van der Waals surface area contributed by atoms with Crippen LogP contribution in [0.25, 0.3) is 22.2 Å². The molecule has 16 nitrogen and oxygen atoms in total. The van der Waals surface area contributed by atoms with Gasteiger partial charge >= 0.3 is 10.2 Å². The molecule has 0 radical (unpaired) electrons. The minimum Gasteiger partial charge on any atom is -0.387 e. The highest BCUT2D eigenvalue weighted by atomic mass is 32.2. The molecule has 64 heavy (non-hydrogen) atoms. The van der Waals surface area contributed by atoms with Crippen molar-refractivity contribution in [1.82, 2.24) is 24.5 Å². The molecule has 2 unspecified atom stereocenters. The van der Waals surface area contributed by atoms with Gasteiger partial charge in [-0.2, -0.15) is 12.7 Å². The van der Waals surface area contributed by atoms with E-state index in [-0.39, 0.29) is 49.7 Å². The number of carbonyl (C=O) groups is 3. The Morgan fingerprint density at radius 3 is 2.42 bits per heavy atom. The molecule has 3 atom stereocenters. The number of amides is 2. The maximum Gasteiger partial charge on any atom is 0.301 e. The molecule has 20 heteroatoms. The van der Waals surface area contributed by atoms with Gasteiger partial charge in [-0.1, -0.05) is 19.1 Å². The maximum absolute atomic E-state index is 15.6. The monoisotopic (exact) mass is 903 g/mol. The Bertz CT molecular complexity index is 2710. The molecular weight excluding hydrogens is 856 g/mol. The number of aromatic amines is 1. The zero-order chi connectivity index (χ0) is 45.5. The molecule has 0 spiro atoms. The number of hydrogen-bond donors (Lipinski definition) is 6. The first-order valence-electron chi connectivity index (χ1n) is 20.9. The Balaban J connectivity index is 0.868. The lowest BCUT2D eigenvalue weighted by molar-refractivity contribution is -0.136. The van der Waals surface area contributed by atoms with Crippen molar-refractivity contribution in [3.8, 4) is 11.1 Å². The summed E-state index contributed by atoms with van der Waals surface area (Å²) >= 11 is 0. The van der Waals surface area contributed by atoms with Gasteiger partial charge in [0.2, 0.25) is 17.6 Å². The SMILES string of the molecule is CCN(C)S(=O)(=O)Nc1ccc(F)c(C(=O)c2c[nH]c3ncc(-c4ccc(N5CCN(C(=O)CC6(O)CCN(c7ccc(N[C@H]8CCC(=O)NC8O)cc7F)C6)CC5)cc4)cc23)c1F. The Morgan fingerprint density at radius 2 is 1.72 bits per heavy atom. The third kappa shape index (κ3) is 9.08. The Kier molecular flexibility index (Phi) is 12.3. The number of H-pyrrole nitrogens is 1. The topological polar surface area (TPSA) is 204 Å². The predicted molar refractivity (Wildman–Crippen MR) is 235 cm³/mol. The van der Waals surface area contributed by atoms with E-state index in [1.165, 1.54) is 19.3 Å². The number of piperidine rings is 1. The Morgan fingerprint density at radius 1 is 0.969 bits per heavy atom. The van der Waals surface area contributed by atoms with Crippen molar-refractivity contribution in [2.45, 2.75) is 50.5 Å². The number of nitrogens with one attached hydrogen (secondary N) is 4. The number of nitrogens with zero attached hydrogens (tertiary/aromatic N) is 5. The second-order valence-corrected chi connectivity index (χ2v) is 18.2. The normalized spacial score (nSPS) is 20.5. The molecule has 5 aromatic rings. The molecule has 0 aliphatic carbocycles. The van der Waals surface area contributed by atoms with Crippen molar-refractivity contribution in [3.05, 3.63) is 102 Å². The van der Waals surface area contributed by atoms with E-state index in [1.54, 1.807) is 41.1 Å². The number of hydrogen-bond acceptors (Lipinski definition) is 11. The number of benzene rings is 3. The molecule has 6 N–H and O–H groups in total. The van der Waals surface area contributed by atoms with Crippen LogP contribution in [0.15, 0.2) is 73.1 Å². The van der Waals surface area contributed by atoms with Crippen LogP contribution in [0.4, 0.5) is 35.9 Å². The van der Waals surface area contributed by atoms with Crippen molar-refractivity contribution in [3.63, 3.8) is 0 Å². The van der Waals surface area contributed by atoms with Gasteiger partial charge < -0.3 is 40.5 Å². The first-order chi connectivity index (χ1) is 30.5.